The molecule has 2 saturated heterocycles. The third-order valence-electron chi connectivity index (χ3n) is 5.66. The van der Waals surface area contributed by atoms with Crippen molar-refractivity contribution >= 4 is 17.5 Å². The van der Waals surface area contributed by atoms with Gasteiger partial charge < -0.3 is 25.0 Å². The van der Waals surface area contributed by atoms with Gasteiger partial charge in [-0.2, -0.15) is 0 Å². The van der Waals surface area contributed by atoms with E-state index in [9.17, 15) is 19.1 Å². The fraction of sp³-hybridized carbons (Fsp3) is 0.600. The van der Waals surface area contributed by atoms with Gasteiger partial charge in [-0.3, -0.25) is 14.9 Å². The van der Waals surface area contributed by atoms with Crippen molar-refractivity contribution < 1.29 is 23.8 Å². The van der Waals surface area contributed by atoms with Gasteiger partial charge in [0.25, 0.3) is 0 Å². The molecule has 2 aliphatic heterocycles. The number of rotatable bonds is 6. The Morgan fingerprint density at radius 1 is 1.45 bits per heavy atom. The number of hydrogen-bond donors (Lipinski definition) is 3. The van der Waals surface area contributed by atoms with E-state index < -0.39 is 17.8 Å². The lowest BCUT2D eigenvalue weighted by Gasteiger charge is -2.42. The number of methoxy groups -OCH3 is 1. The number of anilines is 1. The highest BCUT2D eigenvalue weighted by molar-refractivity contribution is 5.90. The van der Waals surface area contributed by atoms with Crippen molar-refractivity contribution in [2.24, 2.45) is 5.92 Å². The molecule has 160 valence electrons. The maximum absolute atomic E-state index is 13.6. The first-order chi connectivity index (χ1) is 13.8. The Kier molecular flexibility index (Phi) is 6.40. The second-order valence-electron chi connectivity index (χ2n) is 7.95. The molecule has 0 bridgehead atoms. The number of nitrogens with zero attached hydrogens (tertiary/aromatic N) is 2. The molecule has 2 aliphatic rings. The molecule has 1 aromatic carbocycles. The molecule has 9 heteroatoms. The van der Waals surface area contributed by atoms with Crippen molar-refractivity contribution in [1.82, 2.24) is 15.5 Å². The SMILES string of the molecule is COCC1(CC(C)C(=O)N2CCN(c3cccc(F)c3)[C@@H](C)C2)NC(O)NC1=O. The van der Waals surface area contributed by atoms with Crippen LogP contribution in [-0.2, 0) is 14.3 Å². The summed E-state index contributed by atoms with van der Waals surface area (Å²) in [5.41, 5.74) is -0.337. The van der Waals surface area contributed by atoms with Crippen molar-refractivity contribution in [1.29, 1.82) is 0 Å². The Morgan fingerprint density at radius 3 is 2.79 bits per heavy atom. The second kappa shape index (κ2) is 8.64. The quantitative estimate of drug-likeness (QED) is 0.626. The Morgan fingerprint density at radius 2 is 2.21 bits per heavy atom. The number of aliphatic hydroxyl groups is 1. The van der Waals surface area contributed by atoms with Crippen LogP contribution in [0.4, 0.5) is 10.1 Å². The zero-order valence-electron chi connectivity index (χ0n) is 17.0. The average molecular weight is 408 g/mol. The van der Waals surface area contributed by atoms with Gasteiger partial charge in [0.15, 0.2) is 6.35 Å². The highest BCUT2D eigenvalue weighted by atomic mass is 19.1. The molecule has 3 rings (SSSR count). The van der Waals surface area contributed by atoms with E-state index in [2.05, 4.69) is 15.5 Å². The van der Waals surface area contributed by atoms with E-state index in [0.717, 1.165) is 5.69 Å². The van der Waals surface area contributed by atoms with Crippen molar-refractivity contribution in [2.45, 2.75) is 38.2 Å². The summed E-state index contributed by atoms with van der Waals surface area (Å²) < 4.78 is 18.7. The Labute approximate surface area is 170 Å². The standard InChI is InChI=1S/C20H29FN4O4/c1-13(10-20(12-29-3)18(27)22-19(28)23-20)17(26)24-7-8-25(14(2)11-24)16-6-4-5-15(21)9-16/h4-6,9,13-14,19,23,28H,7-8,10-12H2,1-3H3,(H,22,27)/t13?,14-,19?,20?/m0/s1. The topological polar surface area (TPSA) is 94.1 Å². The van der Waals surface area contributed by atoms with E-state index in [1.54, 1.807) is 17.9 Å². The van der Waals surface area contributed by atoms with E-state index in [1.807, 2.05) is 13.0 Å². The summed E-state index contributed by atoms with van der Waals surface area (Å²) in [5, 5.41) is 14.9. The number of carbonyl (C=O) groups excluding carboxylic acids is 2. The molecule has 29 heavy (non-hydrogen) atoms. The lowest BCUT2D eigenvalue weighted by molar-refractivity contribution is -0.137. The molecule has 8 nitrogen and oxygen atoms in total. The summed E-state index contributed by atoms with van der Waals surface area (Å²) in [6.07, 6.45) is -0.948. The first-order valence-corrected chi connectivity index (χ1v) is 9.82. The molecule has 2 heterocycles. The molecule has 0 spiro atoms. The summed E-state index contributed by atoms with van der Waals surface area (Å²) in [6, 6.07) is 6.49. The summed E-state index contributed by atoms with van der Waals surface area (Å²) in [6.45, 7) is 5.47. The van der Waals surface area contributed by atoms with Crippen molar-refractivity contribution in [3.8, 4) is 0 Å². The zero-order chi connectivity index (χ0) is 21.2. The minimum absolute atomic E-state index is 0.0318. The summed E-state index contributed by atoms with van der Waals surface area (Å²) in [4.78, 5) is 29.3. The normalized spacial score (nSPS) is 28.4. The van der Waals surface area contributed by atoms with Gasteiger partial charge in [-0.15, -0.1) is 0 Å². The zero-order valence-corrected chi connectivity index (χ0v) is 17.0. The van der Waals surface area contributed by atoms with Gasteiger partial charge in [0.1, 0.15) is 11.4 Å². The molecule has 3 N–H and O–H groups in total. The van der Waals surface area contributed by atoms with Crippen LogP contribution < -0.4 is 15.5 Å². The predicted octanol–water partition coefficient (Wildman–Crippen LogP) is 0.270. The number of amides is 2. The molecule has 0 aliphatic carbocycles. The smallest absolute Gasteiger partial charge is 0.245 e. The van der Waals surface area contributed by atoms with Crippen LogP contribution in [0.3, 0.4) is 0 Å². The third-order valence-corrected chi connectivity index (χ3v) is 5.66. The van der Waals surface area contributed by atoms with Crippen molar-refractivity contribution in [2.75, 3.05) is 38.3 Å². The van der Waals surface area contributed by atoms with Gasteiger partial charge in [0, 0.05) is 44.4 Å². The number of carbonyl (C=O) groups is 2. The van der Waals surface area contributed by atoms with Gasteiger partial charge in [-0.1, -0.05) is 13.0 Å². The Hall–Kier alpha value is -2.23. The fourth-order valence-electron chi connectivity index (χ4n) is 4.31. The van der Waals surface area contributed by atoms with Crippen LogP contribution in [0.5, 0.6) is 0 Å². The van der Waals surface area contributed by atoms with Crippen LogP contribution in [0.25, 0.3) is 0 Å². The largest absolute Gasteiger partial charge is 0.382 e. The highest BCUT2D eigenvalue weighted by Crippen LogP contribution is 2.26. The third kappa shape index (κ3) is 4.52. The van der Waals surface area contributed by atoms with E-state index in [1.165, 1.54) is 19.2 Å². The number of ether oxygens (including phenoxy) is 1. The minimum atomic E-state index is -1.16. The number of benzene rings is 1. The first kappa shape index (κ1) is 21.5. The van der Waals surface area contributed by atoms with E-state index in [0.29, 0.717) is 19.6 Å². The predicted molar refractivity (Wildman–Crippen MR) is 105 cm³/mol. The highest BCUT2D eigenvalue weighted by Gasteiger charge is 2.48. The van der Waals surface area contributed by atoms with Gasteiger partial charge in [-0.05, 0) is 31.5 Å². The fourth-order valence-corrected chi connectivity index (χ4v) is 4.31. The van der Waals surface area contributed by atoms with Crippen LogP contribution in [0.1, 0.15) is 20.3 Å². The number of piperazine rings is 1. The van der Waals surface area contributed by atoms with E-state index >= 15 is 0 Å². The molecular weight excluding hydrogens is 379 g/mol. The molecular formula is C20H29FN4O4. The molecule has 4 atom stereocenters. The number of hydrogen-bond acceptors (Lipinski definition) is 6. The Bertz CT molecular complexity index is 764. The molecule has 0 radical (unpaired) electrons. The molecule has 2 fully saturated rings. The van der Waals surface area contributed by atoms with Gasteiger partial charge >= 0.3 is 0 Å². The van der Waals surface area contributed by atoms with Crippen LogP contribution >= 0.6 is 0 Å². The Balaban J connectivity index is 1.64. The lowest BCUT2D eigenvalue weighted by atomic mass is 9.87. The van der Waals surface area contributed by atoms with Crippen LogP contribution in [0.15, 0.2) is 24.3 Å². The van der Waals surface area contributed by atoms with Crippen LogP contribution in [0, 0.1) is 11.7 Å². The van der Waals surface area contributed by atoms with E-state index in [-0.39, 0.29) is 36.7 Å². The van der Waals surface area contributed by atoms with Gasteiger partial charge in [0.05, 0.1) is 6.61 Å². The molecule has 1 aromatic rings. The summed E-state index contributed by atoms with van der Waals surface area (Å²) in [7, 11) is 1.47. The van der Waals surface area contributed by atoms with Crippen molar-refractivity contribution in [3.05, 3.63) is 30.1 Å². The number of nitrogens with one attached hydrogen (secondary N) is 2. The summed E-state index contributed by atoms with van der Waals surface area (Å²) >= 11 is 0. The minimum Gasteiger partial charge on any atom is -0.382 e. The maximum atomic E-state index is 13.6. The van der Waals surface area contributed by atoms with Gasteiger partial charge in [0.2, 0.25) is 11.8 Å². The maximum Gasteiger partial charge on any atom is 0.245 e. The van der Waals surface area contributed by atoms with E-state index in [4.69, 9.17) is 4.74 Å². The first-order valence-electron chi connectivity index (χ1n) is 9.82. The molecule has 3 unspecified atom stereocenters. The molecule has 2 amide bonds. The summed E-state index contributed by atoms with van der Waals surface area (Å²) in [5.74, 6) is -1.16. The number of halogens is 1. The van der Waals surface area contributed by atoms with Crippen molar-refractivity contribution in [3.63, 3.8) is 0 Å². The monoisotopic (exact) mass is 408 g/mol. The molecule has 0 aromatic heterocycles. The average Bonchev–Trinajstić information content (AvgIpc) is 2.94. The van der Waals surface area contributed by atoms with Crippen LogP contribution in [-0.4, -0.2) is 73.1 Å². The lowest BCUT2D eigenvalue weighted by Crippen LogP contribution is -2.57. The van der Waals surface area contributed by atoms with Crippen LogP contribution in [0.2, 0.25) is 0 Å². The second-order valence-corrected chi connectivity index (χ2v) is 7.95. The number of aliphatic hydroxyl groups excluding tert-OH is 1. The van der Waals surface area contributed by atoms with Gasteiger partial charge in [-0.25, -0.2) is 4.39 Å². The molecule has 0 saturated carbocycles.